The van der Waals surface area contributed by atoms with E-state index >= 15 is 4.39 Å². The molecule has 5 rings (SSSR count). The molecule has 12 heteroatoms. The van der Waals surface area contributed by atoms with Gasteiger partial charge in [0.05, 0.1) is 0 Å². The average Bonchev–Trinajstić information content (AvgIpc) is 3.12. The number of benzene rings is 1. The fraction of sp³-hybridized carbons (Fsp3) is 0.500. The Hall–Kier alpha value is -2.01. The van der Waals surface area contributed by atoms with E-state index in [1.807, 2.05) is 30.3 Å². The summed E-state index contributed by atoms with van der Waals surface area (Å²) in [5.74, 6) is -1.17. The van der Waals surface area contributed by atoms with Gasteiger partial charge in [0.15, 0.2) is 0 Å². The van der Waals surface area contributed by atoms with Crippen LogP contribution < -0.4 is 4.46 Å². The number of fused-ring (bicyclic) bond motifs is 1. The van der Waals surface area contributed by atoms with E-state index in [0.717, 1.165) is 4.46 Å². The molecule has 2 fully saturated rings. The van der Waals surface area contributed by atoms with Gasteiger partial charge in [-0.05, 0) is 0 Å². The van der Waals surface area contributed by atoms with E-state index in [9.17, 15) is 18.0 Å². The third kappa shape index (κ3) is 4.73. The number of carbonyl (C=O) groups excluding carboxylic acids is 1. The number of ether oxygens (including phenoxy) is 1. The molecule has 1 aliphatic carbocycles. The van der Waals surface area contributed by atoms with Gasteiger partial charge in [-0.2, -0.15) is 0 Å². The van der Waals surface area contributed by atoms with Crippen molar-refractivity contribution in [3.8, 4) is 0 Å². The van der Waals surface area contributed by atoms with Crippen LogP contribution in [0.2, 0.25) is 4.82 Å². The molecular weight excluding hydrogens is 539 g/mol. The second-order valence-corrected chi connectivity index (χ2v) is 12.2. The van der Waals surface area contributed by atoms with E-state index in [1.54, 1.807) is 0 Å². The third-order valence-electron chi connectivity index (χ3n) is 6.00. The van der Waals surface area contributed by atoms with E-state index < -0.39 is 44.0 Å². The number of rotatable bonds is 8. The number of halogens is 4. The summed E-state index contributed by atoms with van der Waals surface area (Å²) in [6.45, 7) is 0.215. The van der Waals surface area contributed by atoms with Gasteiger partial charge >= 0.3 is 204 Å². The summed E-state index contributed by atoms with van der Waals surface area (Å²) in [4.78, 5) is 19.0. The first-order valence-corrected chi connectivity index (χ1v) is 13.5. The van der Waals surface area contributed by atoms with Crippen molar-refractivity contribution in [2.45, 2.75) is 49.1 Å². The first kappa shape index (κ1) is 23.7. The van der Waals surface area contributed by atoms with E-state index in [2.05, 4.69) is 10.1 Å². The number of methoxy groups -OCH3 is 1. The van der Waals surface area contributed by atoms with Crippen LogP contribution in [0.25, 0.3) is 4.96 Å². The van der Waals surface area contributed by atoms with Crippen LogP contribution in [0.15, 0.2) is 30.3 Å². The molecule has 182 valence electrons. The summed E-state index contributed by atoms with van der Waals surface area (Å²) in [6, 6.07) is 9.15. The number of hydrogen-bond acceptors (Lipinski definition) is 5. The van der Waals surface area contributed by atoms with E-state index in [-0.39, 0.29) is 31.3 Å². The van der Waals surface area contributed by atoms with Crippen molar-refractivity contribution in [3.63, 3.8) is 0 Å². The molecule has 0 bridgehead atoms. The normalized spacial score (nSPS) is 22.1. The second-order valence-electron chi connectivity index (χ2n) is 8.65. The molecule has 0 radical (unpaired) electrons. The van der Waals surface area contributed by atoms with Gasteiger partial charge in [0.2, 0.25) is 0 Å². The molecule has 1 amide bonds. The molecule has 34 heavy (non-hydrogen) atoms. The predicted octanol–water partition coefficient (Wildman–Crippen LogP) is 3.62. The summed E-state index contributed by atoms with van der Waals surface area (Å²) in [7, 11) is 1.54. The van der Waals surface area contributed by atoms with E-state index in [0.29, 0.717) is 28.5 Å². The molecular formula is C22H22F4N4O2SSe. The maximum absolute atomic E-state index is 15.1. The minimum absolute atomic E-state index is 0.0209. The van der Waals surface area contributed by atoms with Crippen molar-refractivity contribution < 1.29 is 27.1 Å². The topological polar surface area (TPSA) is 59.7 Å². The summed E-state index contributed by atoms with van der Waals surface area (Å²) in [5, 5.41) is 5.11. The fourth-order valence-corrected chi connectivity index (χ4v) is 7.76. The Labute approximate surface area is 203 Å². The van der Waals surface area contributed by atoms with Crippen LogP contribution in [0.3, 0.4) is 0 Å². The summed E-state index contributed by atoms with van der Waals surface area (Å²) >= 11 is 0.814. The number of aromatic nitrogens is 3. The monoisotopic (exact) mass is 562 g/mol. The zero-order valence-corrected chi connectivity index (χ0v) is 20.7. The average molecular weight is 561 g/mol. The van der Waals surface area contributed by atoms with Crippen LogP contribution >= 0.6 is 11.3 Å². The van der Waals surface area contributed by atoms with Crippen molar-refractivity contribution in [3.05, 3.63) is 46.7 Å². The van der Waals surface area contributed by atoms with Crippen molar-refractivity contribution >= 4 is 41.6 Å². The molecule has 2 atom stereocenters. The Morgan fingerprint density at radius 1 is 1.26 bits per heavy atom. The van der Waals surface area contributed by atoms with Crippen LogP contribution in [0, 0.1) is 5.92 Å². The minimum atomic E-state index is -4.37. The number of hydrogen-bond donors (Lipinski definition) is 0. The molecule has 6 nitrogen and oxygen atoms in total. The van der Waals surface area contributed by atoms with Crippen molar-refractivity contribution in [1.29, 1.82) is 0 Å². The predicted molar refractivity (Wildman–Crippen MR) is 119 cm³/mol. The summed E-state index contributed by atoms with van der Waals surface area (Å²) in [6.07, 6.45) is -4.73. The Kier molecular flexibility index (Phi) is 6.20. The van der Waals surface area contributed by atoms with Crippen LogP contribution in [-0.4, -0.2) is 60.2 Å². The van der Waals surface area contributed by atoms with Gasteiger partial charge in [-0.25, -0.2) is 0 Å². The first-order chi connectivity index (χ1) is 16.2. The van der Waals surface area contributed by atoms with Gasteiger partial charge in [-0.3, -0.25) is 0 Å². The zero-order chi connectivity index (χ0) is 24.1. The van der Waals surface area contributed by atoms with Gasteiger partial charge in [0, 0.05) is 0 Å². The van der Waals surface area contributed by atoms with Crippen LogP contribution in [0.5, 0.6) is 0 Å². The Bertz CT molecular complexity index is 1190. The van der Waals surface area contributed by atoms with E-state index in [4.69, 9.17) is 4.74 Å². The molecule has 2 aliphatic rings. The number of amides is 1. The van der Waals surface area contributed by atoms with Gasteiger partial charge in [0.1, 0.15) is 0 Å². The molecule has 2 aromatic heterocycles. The number of alkyl halides is 4. The standard InChI is InChI=1S/C22H22F4N4O2SSe/c1-32-12-16-28-30-15(18(21(23)7-8-21)27-20(30)33-16)11-29-10-13(9-22(24,25)26)17(19(29)31)34-14-5-3-2-4-6-14/h2-6,13,17H,7-12H2,1H3. The molecule has 1 aliphatic heterocycles. The van der Waals surface area contributed by atoms with Crippen molar-refractivity contribution in [1.82, 2.24) is 19.5 Å². The second kappa shape index (κ2) is 8.89. The molecule has 3 aromatic rings. The van der Waals surface area contributed by atoms with Crippen molar-refractivity contribution in [2.24, 2.45) is 5.92 Å². The fourth-order valence-electron chi connectivity index (χ4n) is 4.29. The van der Waals surface area contributed by atoms with Gasteiger partial charge in [0.25, 0.3) is 0 Å². The van der Waals surface area contributed by atoms with Crippen LogP contribution in [-0.2, 0) is 28.4 Å². The van der Waals surface area contributed by atoms with Gasteiger partial charge in [-0.1, -0.05) is 0 Å². The van der Waals surface area contributed by atoms with Crippen LogP contribution in [0.4, 0.5) is 17.6 Å². The summed E-state index contributed by atoms with van der Waals surface area (Å²) in [5.41, 5.74) is -0.890. The number of nitrogens with zero attached hydrogens (tertiary/aromatic N) is 4. The molecule has 1 saturated heterocycles. The van der Waals surface area contributed by atoms with Gasteiger partial charge < -0.3 is 0 Å². The Morgan fingerprint density at radius 3 is 2.65 bits per heavy atom. The van der Waals surface area contributed by atoms with Gasteiger partial charge in [-0.15, -0.1) is 0 Å². The molecule has 0 N–H and O–H groups in total. The number of imidazole rings is 1. The quantitative estimate of drug-likeness (QED) is 0.312. The van der Waals surface area contributed by atoms with E-state index in [1.165, 1.54) is 27.9 Å². The third-order valence-corrected chi connectivity index (χ3v) is 9.79. The molecule has 1 saturated carbocycles. The Balaban J connectivity index is 1.46. The number of likely N-dealkylation sites (tertiary alicyclic amines) is 1. The summed E-state index contributed by atoms with van der Waals surface area (Å²) < 4.78 is 62.7. The SMILES string of the molecule is COCc1nn2c(CN3CC(CC(F)(F)F)C([Se]c4ccccc4)C3=O)c(C3(F)CC3)nc2s1. The molecule has 2 unspecified atom stereocenters. The van der Waals surface area contributed by atoms with Crippen LogP contribution in [0.1, 0.15) is 35.7 Å². The molecule has 0 spiro atoms. The van der Waals surface area contributed by atoms with Crippen molar-refractivity contribution in [2.75, 3.05) is 13.7 Å². The maximum atomic E-state index is 15.1. The zero-order valence-electron chi connectivity index (χ0n) is 18.2. The Morgan fingerprint density at radius 2 is 2.00 bits per heavy atom. The molecule has 1 aromatic carbocycles. The number of carbonyl (C=O) groups is 1. The molecule has 3 heterocycles. The first-order valence-electron chi connectivity index (χ1n) is 10.8.